The molecule has 2 N–H and O–H groups in total. The first-order chi connectivity index (χ1) is 7.70. The van der Waals surface area contributed by atoms with E-state index in [2.05, 4.69) is 10.2 Å². The average molecular weight is 226 g/mol. The molecule has 0 spiro atoms. The van der Waals surface area contributed by atoms with Crippen LogP contribution < -0.4 is 5.32 Å². The highest BCUT2D eigenvalue weighted by Crippen LogP contribution is 2.37. The molecule has 4 nitrogen and oxygen atoms in total. The van der Waals surface area contributed by atoms with Crippen LogP contribution in [0.1, 0.15) is 25.7 Å². The van der Waals surface area contributed by atoms with Crippen molar-refractivity contribution in [3.63, 3.8) is 0 Å². The van der Waals surface area contributed by atoms with Gasteiger partial charge in [0.1, 0.15) is 0 Å². The van der Waals surface area contributed by atoms with Crippen molar-refractivity contribution in [3.05, 3.63) is 0 Å². The van der Waals surface area contributed by atoms with Crippen molar-refractivity contribution < 1.29 is 9.90 Å². The van der Waals surface area contributed by atoms with Crippen LogP contribution in [-0.4, -0.2) is 48.7 Å². The van der Waals surface area contributed by atoms with Gasteiger partial charge in [-0.05, 0) is 31.7 Å². The maximum atomic E-state index is 11.1. The van der Waals surface area contributed by atoms with Gasteiger partial charge >= 0.3 is 0 Å². The van der Waals surface area contributed by atoms with Crippen LogP contribution >= 0.6 is 0 Å². The Morgan fingerprint density at radius 1 is 1.44 bits per heavy atom. The van der Waals surface area contributed by atoms with Crippen molar-refractivity contribution in [2.24, 2.45) is 11.8 Å². The number of carbonyl (C=O) groups is 1. The number of fused-ring (bicyclic) bond motifs is 1. The quantitative estimate of drug-likeness (QED) is 0.721. The van der Waals surface area contributed by atoms with E-state index in [1.807, 2.05) is 0 Å². The Labute approximate surface area is 97.0 Å². The summed E-state index contributed by atoms with van der Waals surface area (Å²) in [7, 11) is 1.68. The van der Waals surface area contributed by atoms with Gasteiger partial charge in [-0.3, -0.25) is 4.79 Å². The molecule has 3 atom stereocenters. The van der Waals surface area contributed by atoms with E-state index in [1.165, 1.54) is 6.42 Å². The summed E-state index contributed by atoms with van der Waals surface area (Å²) in [6.07, 6.45) is 3.63. The SMILES string of the molecule is CNC(=O)CCCN1CC2CCC(O)C2C1. The standard InChI is InChI=1S/C12H22N2O2/c1-13-12(16)3-2-6-14-7-9-4-5-11(15)10(9)8-14/h9-11,15H,2-8H2,1H3,(H,13,16). The van der Waals surface area contributed by atoms with Crippen LogP contribution in [0, 0.1) is 11.8 Å². The molecule has 1 heterocycles. The molecule has 1 aliphatic carbocycles. The molecule has 2 rings (SSSR count). The van der Waals surface area contributed by atoms with Gasteiger partial charge in [-0.15, -0.1) is 0 Å². The predicted octanol–water partition coefficient (Wildman–Crippen LogP) is 0.215. The molecule has 16 heavy (non-hydrogen) atoms. The smallest absolute Gasteiger partial charge is 0.219 e. The molecule has 0 radical (unpaired) electrons. The highest BCUT2D eigenvalue weighted by atomic mass is 16.3. The van der Waals surface area contributed by atoms with Crippen LogP contribution in [0.3, 0.4) is 0 Å². The lowest BCUT2D eigenvalue weighted by atomic mass is 10.00. The molecule has 0 aromatic rings. The number of likely N-dealkylation sites (tertiary alicyclic amines) is 1. The topological polar surface area (TPSA) is 52.6 Å². The zero-order valence-corrected chi connectivity index (χ0v) is 9.98. The minimum absolute atomic E-state index is 0.0751. The number of hydrogen-bond acceptors (Lipinski definition) is 3. The number of nitrogens with zero attached hydrogens (tertiary/aromatic N) is 1. The van der Waals surface area contributed by atoms with E-state index in [9.17, 15) is 9.90 Å². The van der Waals surface area contributed by atoms with Gasteiger partial charge < -0.3 is 15.3 Å². The summed E-state index contributed by atoms with van der Waals surface area (Å²) in [5, 5.41) is 12.4. The third kappa shape index (κ3) is 2.55. The van der Waals surface area contributed by atoms with Crippen molar-refractivity contribution >= 4 is 5.91 Å². The van der Waals surface area contributed by atoms with E-state index in [-0.39, 0.29) is 12.0 Å². The van der Waals surface area contributed by atoms with Crippen LogP contribution in [0.15, 0.2) is 0 Å². The molecule has 1 saturated carbocycles. The maximum Gasteiger partial charge on any atom is 0.219 e. The molecule has 1 amide bonds. The van der Waals surface area contributed by atoms with Gasteiger partial charge in [0, 0.05) is 32.5 Å². The van der Waals surface area contributed by atoms with E-state index >= 15 is 0 Å². The molecule has 2 fully saturated rings. The van der Waals surface area contributed by atoms with E-state index < -0.39 is 0 Å². The number of aliphatic hydroxyl groups excluding tert-OH is 1. The summed E-state index contributed by atoms with van der Waals surface area (Å²) >= 11 is 0. The lowest BCUT2D eigenvalue weighted by Gasteiger charge is -2.17. The molecule has 2 aliphatic rings. The zero-order valence-electron chi connectivity index (χ0n) is 9.98. The van der Waals surface area contributed by atoms with Crippen LogP contribution in [0.5, 0.6) is 0 Å². The molecular formula is C12H22N2O2. The van der Waals surface area contributed by atoms with E-state index in [0.717, 1.165) is 32.5 Å². The monoisotopic (exact) mass is 226 g/mol. The highest BCUT2D eigenvalue weighted by Gasteiger charge is 2.41. The first-order valence-corrected chi connectivity index (χ1v) is 6.31. The fraction of sp³-hybridized carbons (Fsp3) is 0.917. The largest absolute Gasteiger partial charge is 0.393 e. The molecule has 0 bridgehead atoms. The van der Waals surface area contributed by atoms with Crippen molar-refractivity contribution in [2.45, 2.75) is 31.8 Å². The second-order valence-electron chi connectivity index (χ2n) is 5.10. The summed E-state index contributed by atoms with van der Waals surface area (Å²) in [4.78, 5) is 13.5. The van der Waals surface area contributed by atoms with Gasteiger partial charge in [0.15, 0.2) is 0 Å². The fourth-order valence-electron chi connectivity index (χ4n) is 3.10. The second kappa shape index (κ2) is 5.15. The lowest BCUT2D eigenvalue weighted by Crippen LogP contribution is -2.27. The van der Waals surface area contributed by atoms with Gasteiger partial charge in [-0.1, -0.05) is 0 Å². The molecule has 0 aromatic heterocycles. The molecule has 1 saturated heterocycles. The third-order valence-corrected chi connectivity index (χ3v) is 4.05. The van der Waals surface area contributed by atoms with Gasteiger partial charge in [0.25, 0.3) is 0 Å². The zero-order chi connectivity index (χ0) is 11.5. The maximum absolute atomic E-state index is 11.1. The molecule has 3 unspecified atom stereocenters. The first-order valence-electron chi connectivity index (χ1n) is 6.31. The molecule has 0 aromatic carbocycles. The minimum Gasteiger partial charge on any atom is -0.393 e. The average Bonchev–Trinajstić information content (AvgIpc) is 2.81. The number of nitrogens with one attached hydrogen (secondary N) is 1. The van der Waals surface area contributed by atoms with Crippen molar-refractivity contribution in [1.82, 2.24) is 10.2 Å². The number of carbonyl (C=O) groups excluding carboxylic acids is 1. The Balaban J connectivity index is 1.68. The summed E-state index contributed by atoms with van der Waals surface area (Å²) < 4.78 is 0. The predicted molar refractivity (Wildman–Crippen MR) is 62.0 cm³/mol. The van der Waals surface area contributed by atoms with Gasteiger partial charge in [-0.2, -0.15) is 0 Å². The Morgan fingerprint density at radius 2 is 2.25 bits per heavy atom. The van der Waals surface area contributed by atoms with E-state index in [0.29, 0.717) is 18.3 Å². The summed E-state index contributed by atoms with van der Waals surface area (Å²) in [5.41, 5.74) is 0. The fourth-order valence-corrected chi connectivity index (χ4v) is 3.10. The van der Waals surface area contributed by atoms with Crippen molar-refractivity contribution in [3.8, 4) is 0 Å². The number of rotatable bonds is 4. The number of hydrogen-bond donors (Lipinski definition) is 2. The van der Waals surface area contributed by atoms with Crippen molar-refractivity contribution in [1.29, 1.82) is 0 Å². The Hall–Kier alpha value is -0.610. The summed E-state index contributed by atoms with van der Waals surface area (Å²) in [6.45, 7) is 3.14. The molecule has 1 aliphatic heterocycles. The molecular weight excluding hydrogens is 204 g/mol. The summed E-state index contributed by atoms with van der Waals surface area (Å²) in [5.74, 6) is 1.33. The molecule has 4 heteroatoms. The lowest BCUT2D eigenvalue weighted by molar-refractivity contribution is -0.120. The number of amides is 1. The molecule has 92 valence electrons. The van der Waals surface area contributed by atoms with Gasteiger partial charge in [-0.25, -0.2) is 0 Å². The van der Waals surface area contributed by atoms with Crippen molar-refractivity contribution in [2.75, 3.05) is 26.7 Å². The minimum atomic E-state index is -0.0751. The Kier molecular flexibility index (Phi) is 3.82. The third-order valence-electron chi connectivity index (χ3n) is 4.05. The van der Waals surface area contributed by atoms with E-state index in [1.54, 1.807) is 7.05 Å². The Morgan fingerprint density at radius 3 is 2.94 bits per heavy atom. The number of aliphatic hydroxyl groups is 1. The van der Waals surface area contributed by atoms with Crippen LogP contribution in [0.2, 0.25) is 0 Å². The first kappa shape index (κ1) is 11.9. The van der Waals surface area contributed by atoms with Gasteiger partial charge in [0.05, 0.1) is 6.10 Å². The Bertz CT molecular complexity index is 257. The second-order valence-corrected chi connectivity index (χ2v) is 5.10. The summed E-state index contributed by atoms with van der Waals surface area (Å²) in [6, 6.07) is 0. The van der Waals surface area contributed by atoms with Crippen LogP contribution in [-0.2, 0) is 4.79 Å². The van der Waals surface area contributed by atoms with Gasteiger partial charge in [0.2, 0.25) is 5.91 Å². The van der Waals surface area contributed by atoms with Crippen LogP contribution in [0.4, 0.5) is 0 Å². The highest BCUT2D eigenvalue weighted by molar-refractivity contribution is 5.75. The normalized spacial score (nSPS) is 34.0. The van der Waals surface area contributed by atoms with Crippen LogP contribution in [0.25, 0.3) is 0 Å². The van der Waals surface area contributed by atoms with E-state index in [4.69, 9.17) is 0 Å².